The van der Waals surface area contributed by atoms with Crippen molar-refractivity contribution in [1.82, 2.24) is 0 Å². The lowest BCUT2D eigenvalue weighted by Gasteiger charge is -2.21. The van der Waals surface area contributed by atoms with Crippen LogP contribution in [-0.4, -0.2) is 12.3 Å². The van der Waals surface area contributed by atoms with E-state index in [2.05, 4.69) is 5.32 Å². The molecule has 18 heavy (non-hydrogen) atoms. The van der Waals surface area contributed by atoms with Crippen molar-refractivity contribution < 1.29 is 4.79 Å². The van der Waals surface area contributed by atoms with Crippen LogP contribution >= 0.6 is 0 Å². The standard InChI is InChI=1S/C16H23NO/c1-13(18)15-7-9-16(10-8-15)17-12-11-14-5-3-2-4-6-14/h7-10,14,17H,2-6,11-12H2,1H3. The second-order valence-electron chi connectivity index (χ2n) is 5.35. The van der Waals surface area contributed by atoms with E-state index in [-0.39, 0.29) is 5.78 Å². The van der Waals surface area contributed by atoms with Gasteiger partial charge in [-0.1, -0.05) is 32.1 Å². The summed E-state index contributed by atoms with van der Waals surface area (Å²) in [6.45, 7) is 2.65. The van der Waals surface area contributed by atoms with Crippen LogP contribution < -0.4 is 5.32 Å². The highest BCUT2D eigenvalue weighted by molar-refractivity contribution is 5.94. The fourth-order valence-corrected chi connectivity index (χ4v) is 2.72. The lowest BCUT2D eigenvalue weighted by atomic mass is 9.87. The molecule has 1 N–H and O–H groups in total. The third-order valence-electron chi connectivity index (χ3n) is 3.90. The summed E-state index contributed by atoms with van der Waals surface area (Å²) >= 11 is 0. The monoisotopic (exact) mass is 245 g/mol. The van der Waals surface area contributed by atoms with Crippen molar-refractivity contribution in [2.75, 3.05) is 11.9 Å². The molecule has 0 amide bonds. The zero-order chi connectivity index (χ0) is 12.8. The minimum Gasteiger partial charge on any atom is -0.385 e. The van der Waals surface area contributed by atoms with Crippen LogP contribution in [0.15, 0.2) is 24.3 Å². The number of carbonyl (C=O) groups excluding carboxylic acids is 1. The van der Waals surface area contributed by atoms with Crippen LogP contribution in [0.2, 0.25) is 0 Å². The van der Waals surface area contributed by atoms with Crippen LogP contribution in [0.1, 0.15) is 55.8 Å². The first-order valence-corrected chi connectivity index (χ1v) is 7.10. The lowest BCUT2D eigenvalue weighted by molar-refractivity contribution is 0.101. The molecule has 1 aliphatic rings. The SMILES string of the molecule is CC(=O)c1ccc(NCCC2CCCCC2)cc1. The maximum atomic E-state index is 11.2. The number of Topliss-reactive ketones (excluding diaryl/α,β-unsaturated/α-hetero) is 1. The molecule has 0 heterocycles. The molecule has 0 unspecified atom stereocenters. The number of hydrogen-bond donors (Lipinski definition) is 1. The molecule has 0 bridgehead atoms. The molecule has 1 fully saturated rings. The van der Waals surface area contributed by atoms with Crippen molar-refractivity contribution in [2.45, 2.75) is 45.4 Å². The first kappa shape index (κ1) is 13.1. The normalized spacial score (nSPS) is 16.5. The Morgan fingerprint density at radius 2 is 1.83 bits per heavy atom. The molecule has 1 aromatic carbocycles. The molecule has 2 nitrogen and oxygen atoms in total. The highest BCUT2D eigenvalue weighted by Gasteiger charge is 2.12. The molecular formula is C16H23NO. The summed E-state index contributed by atoms with van der Waals surface area (Å²) < 4.78 is 0. The van der Waals surface area contributed by atoms with E-state index >= 15 is 0 Å². The molecule has 0 aromatic heterocycles. The highest BCUT2D eigenvalue weighted by atomic mass is 16.1. The Hall–Kier alpha value is -1.31. The summed E-state index contributed by atoms with van der Waals surface area (Å²) in [7, 11) is 0. The van der Waals surface area contributed by atoms with Gasteiger partial charge in [-0.25, -0.2) is 0 Å². The van der Waals surface area contributed by atoms with E-state index in [1.807, 2.05) is 24.3 Å². The van der Waals surface area contributed by atoms with Gasteiger partial charge in [0.15, 0.2) is 5.78 Å². The van der Waals surface area contributed by atoms with Gasteiger partial charge in [-0.3, -0.25) is 4.79 Å². The van der Waals surface area contributed by atoms with Gasteiger partial charge in [-0.2, -0.15) is 0 Å². The lowest BCUT2D eigenvalue weighted by Crippen LogP contribution is -2.12. The Morgan fingerprint density at radius 1 is 1.17 bits per heavy atom. The van der Waals surface area contributed by atoms with E-state index in [9.17, 15) is 4.79 Å². The molecule has 1 aliphatic carbocycles. The largest absolute Gasteiger partial charge is 0.385 e. The molecule has 0 spiro atoms. The quantitative estimate of drug-likeness (QED) is 0.785. The van der Waals surface area contributed by atoms with Gasteiger partial charge in [-0.05, 0) is 43.5 Å². The van der Waals surface area contributed by atoms with Gasteiger partial charge >= 0.3 is 0 Å². The Labute approximate surface area is 110 Å². The molecule has 1 aromatic rings. The zero-order valence-corrected chi connectivity index (χ0v) is 11.2. The maximum Gasteiger partial charge on any atom is 0.159 e. The third kappa shape index (κ3) is 3.86. The molecule has 2 heteroatoms. The van der Waals surface area contributed by atoms with Gasteiger partial charge in [0.05, 0.1) is 0 Å². The van der Waals surface area contributed by atoms with E-state index in [0.29, 0.717) is 0 Å². The summed E-state index contributed by atoms with van der Waals surface area (Å²) in [4.78, 5) is 11.2. The van der Waals surface area contributed by atoms with Crippen LogP contribution in [0.5, 0.6) is 0 Å². The first-order valence-electron chi connectivity index (χ1n) is 7.10. The average Bonchev–Trinajstić information content (AvgIpc) is 2.40. The summed E-state index contributed by atoms with van der Waals surface area (Å²) in [5.41, 5.74) is 1.91. The van der Waals surface area contributed by atoms with Crippen LogP contribution in [-0.2, 0) is 0 Å². The van der Waals surface area contributed by atoms with Gasteiger partial charge in [0.2, 0.25) is 0 Å². The van der Waals surface area contributed by atoms with Gasteiger partial charge in [-0.15, -0.1) is 0 Å². The molecule has 0 aliphatic heterocycles. The number of rotatable bonds is 5. The van der Waals surface area contributed by atoms with Crippen LogP contribution in [0, 0.1) is 5.92 Å². The molecule has 0 atom stereocenters. The van der Waals surface area contributed by atoms with Gasteiger partial charge < -0.3 is 5.32 Å². The molecule has 0 saturated heterocycles. The van der Waals surface area contributed by atoms with E-state index in [4.69, 9.17) is 0 Å². The molecular weight excluding hydrogens is 222 g/mol. The topological polar surface area (TPSA) is 29.1 Å². The predicted molar refractivity (Wildman–Crippen MR) is 76.1 cm³/mol. The highest BCUT2D eigenvalue weighted by Crippen LogP contribution is 2.26. The second-order valence-corrected chi connectivity index (χ2v) is 5.35. The van der Waals surface area contributed by atoms with Crippen LogP contribution in [0.4, 0.5) is 5.69 Å². The van der Waals surface area contributed by atoms with E-state index in [1.54, 1.807) is 6.92 Å². The number of anilines is 1. The van der Waals surface area contributed by atoms with Crippen LogP contribution in [0.25, 0.3) is 0 Å². The van der Waals surface area contributed by atoms with Gasteiger partial charge in [0, 0.05) is 17.8 Å². The summed E-state index contributed by atoms with van der Waals surface area (Å²) in [6, 6.07) is 7.78. The number of carbonyl (C=O) groups is 1. The second kappa shape index (κ2) is 6.58. The minimum atomic E-state index is 0.128. The van der Waals surface area contributed by atoms with Crippen molar-refractivity contribution in [2.24, 2.45) is 5.92 Å². The van der Waals surface area contributed by atoms with Gasteiger partial charge in [0.25, 0.3) is 0 Å². The van der Waals surface area contributed by atoms with Crippen molar-refractivity contribution in [3.8, 4) is 0 Å². The Bertz CT molecular complexity index is 377. The van der Waals surface area contributed by atoms with Crippen molar-refractivity contribution >= 4 is 11.5 Å². The summed E-state index contributed by atoms with van der Waals surface area (Å²) in [5, 5.41) is 3.45. The zero-order valence-electron chi connectivity index (χ0n) is 11.2. The number of benzene rings is 1. The van der Waals surface area contributed by atoms with Crippen molar-refractivity contribution in [3.05, 3.63) is 29.8 Å². The maximum absolute atomic E-state index is 11.2. The molecule has 1 saturated carbocycles. The first-order chi connectivity index (χ1) is 8.75. The third-order valence-corrected chi connectivity index (χ3v) is 3.90. The predicted octanol–water partition coefficient (Wildman–Crippen LogP) is 4.27. The Balaban J connectivity index is 1.74. The Kier molecular flexibility index (Phi) is 4.80. The van der Waals surface area contributed by atoms with E-state index < -0.39 is 0 Å². The number of nitrogens with one attached hydrogen (secondary N) is 1. The fourth-order valence-electron chi connectivity index (χ4n) is 2.72. The smallest absolute Gasteiger partial charge is 0.159 e. The van der Waals surface area contributed by atoms with E-state index in [0.717, 1.165) is 23.7 Å². The average molecular weight is 245 g/mol. The van der Waals surface area contributed by atoms with Crippen LogP contribution in [0.3, 0.4) is 0 Å². The fraction of sp³-hybridized carbons (Fsp3) is 0.562. The minimum absolute atomic E-state index is 0.128. The van der Waals surface area contributed by atoms with E-state index in [1.165, 1.54) is 38.5 Å². The summed E-state index contributed by atoms with van der Waals surface area (Å²) in [6.07, 6.45) is 8.34. The molecule has 0 radical (unpaired) electrons. The van der Waals surface area contributed by atoms with Crippen molar-refractivity contribution in [3.63, 3.8) is 0 Å². The number of hydrogen-bond acceptors (Lipinski definition) is 2. The number of ketones is 1. The molecule has 98 valence electrons. The van der Waals surface area contributed by atoms with Crippen molar-refractivity contribution in [1.29, 1.82) is 0 Å². The molecule has 2 rings (SSSR count). The van der Waals surface area contributed by atoms with Gasteiger partial charge in [0.1, 0.15) is 0 Å². The Morgan fingerprint density at radius 3 is 2.44 bits per heavy atom. The summed E-state index contributed by atoms with van der Waals surface area (Å²) in [5.74, 6) is 1.05.